The Hall–Kier alpha value is -13.1. The van der Waals surface area contributed by atoms with Crippen LogP contribution < -0.4 is 0 Å². The van der Waals surface area contributed by atoms with Crippen LogP contribution in [-0.4, -0.2) is 63.1 Å². The minimum atomic E-state index is 0.474. The van der Waals surface area contributed by atoms with Crippen LogP contribution in [0.1, 0.15) is 0 Å². The molecular weight excluding hydrogens is 1150 g/mol. The van der Waals surface area contributed by atoms with Crippen molar-refractivity contribution in [2.75, 3.05) is 0 Å². The second kappa shape index (κ2) is 21.3. The molecule has 7 aromatic heterocycles. The molecule has 0 saturated heterocycles. The fourth-order valence-corrected chi connectivity index (χ4v) is 13.7. The highest BCUT2D eigenvalue weighted by atomic mass is 15.2. The average molecular weight is 1200 g/mol. The van der Waals surface area contributed by atoms with Crippen molar-refractivity contribution in [3.05, 3.63) is 297 Å². The number of hydrogen-bond acceptors (Lipinski definition) is 9. The summed E-state index contributed by atoms with van der Waals surface area (Å²) in [5.74, 6) is 4.79. The van der Waals surface area contributed by atoms with Gasteiger partial charge in [0.05, 0.1) is 44.1 Å². The monoisotopic (exact) mass is 1200 g/mol. The first-order chi connectivity index (χ1) is 46.6. The third-order valence-electron chi connectivity index (χ3n) is 17.9. The van der Waals surface area contributed by atoms with Crippen molar-refractivity contribution in [2.45, 2.75) is 0 Å². The number of hydrogen-bond donors (Lipinski definition) is 0. The summed E-state index contributed by atoms with van der Waals surface area (Å²) < 4.78 is 8.86. The van der Waals surface area contributed by atoms with E-state index in [1.54, 1.807) is 0 Å². The molecule has 0 bridgehead atoms. The fraction of sp³-hybridized carbons (Fsp3) is 0. The number of benzene rings is 12. The van der Waals surface area contributed by atoms with Crippen LogP contribution in [0.3, 0.4) is 0 Å². The maximum Gasteiger partial charge on any atom is 0.238 e. The standard InChI is InChI=1S/C81H49N13/c1-6-24-50(25-7-1)73-82-74(51-26-8-2-9-27-51)86-79(85-73)92-66-39-21-17-34-57(66)61-46-54(42-44-69(61)92)77-84-78(90-81(89-77)94-68-41-23-19-37-60(68)64-48-71-63(49-72(64)94)59-36-16-20-38-65(59)91(71)56-32-14-5-15-33-56)55-43-45-70-62(47-55)58-35-18-22-40-67(58)93(70)80-87-75(52-28-10-3-11-29-52)83-76(88-80)53-30-12-4-13-31-53/h1-49H. The average Bonchev–Trinajstić information content (AvgIpc) is 1.59. The number of nitrogens with zero attached hydrogens (tertiary/aromatic N) is 13. The third-order valence-corrected chi connectivity index (χ3v) is 17.9. The summed E-state index contributed by atoms with van der Waals surface area (Å²) in [7, 11) is 0. The van der Waals surface area contributed by atoms with E-state index in [4.69, 9.17) is 44.9 Å². The normalized spacial score (nSPS) is 11.8. The molecule has 0 N–H and O–H groups in total. The Labute approximate surface area is 536 Å². The van der Waals surface area contributed by atoms with E-state index in [0.29, 0.717) is 52.8 Å². The van der Waals surface area contributed by atoms with Gasteiger partial charge < -0.3 is 4.57 Å². The van der Waals surface area contributed by atoms with E-state index in [1.807, 2.05) is 121 Å². The minimum Gasteiger partial charge on any atom is -0.309 e. The van der Waals surface area contributed by atoms with Crippen molar-refractivity contribution in [2.24, 2.45) is 0 Å². The van der Waals surface area contributed by atoms with Crippen LogP contribution in [-0.2, 0) is 0 Å². The molecule has 438 valence electrons. The van der Waals surface area contributed by atoms with Crippen molar-refractivity contribution in [1.82, 2.24) is 63.1 Å². The minimum absolute atomic E-state index is 0.474. The molecule has 0 amide bonds. The van der Waals surface area contributed by atoms with Gasteiger partial charge in [0.2, 0.25) is 17.8 Å². The lowest BCUT2D eigenvalue weighted by Gasteiger charge is -2.12. The van der Waals surface area contributed by atoms with Gasteiger partial charge in [-0.3, -0.25) is 13.7 Å². The molecule has 0 spiro atoms. The molecule has 0 atom stereocenters. The molecule has 0 aliphatic heterocycles. The Morgan fingerprint density at radius 1 is 0.160 bits per heavy atom. The Kier molecular flexibility index (Phi) is 11.9. The smallest absolute Gasteiger partial charge is 0.238 e. The van der Waals surface area contributed by atoms with Crippen molar-refractivity contribution >= 4 is 87.2 Å². The summed E-state index contributed by atoms with van der Waals surface area (Å²) in [6, 6.07) is 102. The van der Waals surface area contributed by atoms with Gasteiger partial charge in [-0.1, -0.05) is 212 Å². The van der Waals surface area contributed by atoms with Gasteiger partial charge in [0.15, 0.2) is 34.9 Å². The van der Waals surface area contributed by atoms with Gasteiger partial charge >= 0.3 is 0 Å². The van der Waals surface area contributed by atoms with Gasteiger partial charge in [-0.15, -0.1) is 0 Å². The molecule has 0 fully saturated rings. The molecule has 7 heterocycles. The zero-order chi connectivity index (χ0) is 61.8. The van der Waals surface area contributed by atoms with Crippen LogP contribution >= 0.6 is 0 Å². The number of para-hydroxylation sites is 5. The van der Waals surface area contributed by atoms with Crippen molar-refractivity contribution < 1.29 is 0 Å². The maximum absolute atomic E-state index is 5.60. The first kappa shape index (κ1) is 52.8. The van der Waals surface area contributed by atoms with Crippen molar-refractivity contribution in [3.63, 3.8) is 0 Å². The highest BCUT2D eigenvalue weighted by Gasteiger charge is 2.25. The van der Waals surface area contributed by atoms with Crippen molar-refractivity contribution in [1.29, 1.82) is 0 Å². The topological polar surface area (TPSA) is 136 Å². The maximum atomic E-state index is 5.60. The van der Waals surface area contributed by atoms with Crippen LogP contribution in [0.2, 0.25) is 0 Å². The summed E-state index contributed by atoms with van der Waals surface area (Å²) in [6.07, 6.45) is 0. The first-order valence-corrected chi connectivity index (χ1v) is 31.2. The molecule has 0 saturated carbocycles. The Balaban J connectivity index is 0.845. The van der Waals surface area contributed by atoms with E-state index in [0.717, 1.165) is 126 Å². The van der Waals surface area contributed by atoms with Crippen LogP contribution in [0, 0.1) is 0 Å². The Morgan fingerprint density at radius 3 is 0.745 bits per heavy atom. The largest absolute Gasteiger partial charge is 0.309 e. The molecular formula is C81H49N13. The molecule has 94 heavy (non-hydrogen) atoms. The fourth-order valence-electron chi connectivity index (χ4n) is 13.7. The van der Waals surface area contributed by atoms with E-state index in [-0.39, 0.29) is 0 Å². The van der Waals surface area contributed by atoms with Gasteiger partial charge in [-0.05, 0) is 84.9 Å². The Bertz CT molecular complexity index is 5840. The van der Waals surface area contributed by atoms with E-state index in [2.05, 4.69) is 194 Å². The quantitative estimate of drug-likeness (QED) is 0.131. The summed E-state index contributed by atoms with van der Waals surface area (Å²) in [4.78, 5) is 47.7. The predicted molar refractivity (Wildman–Crippen MR) is 377 cm³/mol. The molecule has 12 aromatic carbocycles. The summed E-state index contributed by atoms with van der Waals surface area (Å²) in [5, 5.41) is 8.40. The van der Waals surface area contributed by atoms with E-state index < -0.39 is 0 Å². The first-order valence-electron chi connectivity index (χ1n) is 31.2. The van der Waals surface area contributed by atoms with Gasteiger partial charge in [-0.2, -0.15) is 29.9 Å². The summed E-state index contributed by atoms with van der Waals surface area (Å²) in [6.45, 7) is 0. The second-order valence-corrected chi connectivity index (χ2v) is 23.4. The zero-order valence-electron chi connectivity index (χ0n) is 50.1. The molecule has 13 heteroatoms. The number of fused-ring (bicyclic) bond motifs is 12. The van der Waals surface area contributed by atoms with Crippen LogP contribution in [0.4, 0.5) is 0 Å². The lowest BCUT2D eigenvalue weighted by Crippen LogP contribution is -2.07. The molecule has 19 aromatic rings. The molecule has 0 radical (unpaired) electrons. The lowest BCUT2D eigenvalue weighted by molar-refractivity contribution is 0.951. The molecule has 0 aliphatic carbocycles. The predicted octanol–water partition coefficient (Wildman–Crippen LogP) is 18.6. The van der Waals surface area contributed by atoms with E-state index in [9.17, 15) is 0 Å². The number of rotatable bonds is 10. The van der Waals surface area contributed by atoms with Crippen LogP contribution in [0.5, 0.6) is 0 Å². The highest BCUT2D eigenvalue weighted by Crippen LogP contribution is 2.42. The van der Waals surface area contributed by atoms with Crippen LogP contribution in [0.15, 0.2) is 297 Å². The lowest BCUT2D eigenvalue weighted by atomic mass is 10.1. The van der Waals surface area contributed by atoms with E-state index >= 15 is 0 Å². The summed E-state index contributed by atoms with van der Waals surface area (Å²) >= 11 is 0. The third kappa shape index (κ3) is 8.52. The van der Waals surface area contributed by atoms with Gasteiger partial charge in [0.25, 0.3) is 0 Å². The molecule has 19 rings (SSSR count). The van der Waals surface area contributed by atoms with Gasteiger partial charge in [0, 0.05) is 82.2 Å². The summed E-state index contributed by atoms with van der Waals surface area (Å²) in [5.41, 5.74) is 14.1. The Morgan fingerprint density at radius 2 is 0.404 bits per heavy atom. The SMILES string of the molecule is c1ccc(-c2nc(-c3ccccc3)nc(-n3c4ccccc4c4cc(-c5nc(-c6ccc7c(c6)c6ccccc6n7-c6nc(-c7ccccc7)nc(-c7ccccc7)n6)nc(-n6c7ccccc7c7cc8c(cc76)c6ccccc6n8-c6ccccc6)n5)ccc43)n2)cc1. The zero-order valence-corrected chi connectivity index (χ0v) is 50.1. The molecule has 13 nitrogen and oxygen atoms in total. The highest BCUT2D eigenvalue weighted by molar-refractivity contribution is 6.19. The van der Waals surface area contributed by atoms with E-state index in [1.165, 1.54) is 0 Å². The molecule has 0 unspecified atom stereocenters. The number of aromatic nitrogens is 13. The van der Waals surface area contributed by atoms with Gasteiger partial charge in [-0.25, -0.2) is 15.0 Å². The molecule has 0 aliphatic rings. The second-order valence-electron chi connectivity index (χ2n) is 23.4. The van der Waals surface area contributed by atoms with Crippen LogP contribution in [0.25, 0.3) is 179 Å². The van der Waals surface area contributed by atoms with Crippen molar-refractivity contribution in [3.8, 4) is 91.9 Å². The van der Waals surface area contributed by atoms with Gasteiger partial charge in [0.1, 0.15) is 0 Å².